The van der Waals surface area contributed by atoms with Gasteiger partial charge in [-0.25, -0.2) is 22.0 Å². The van der Waals surface area contributed by atoms with E-state index in [0.717, 1.165) is 6.08 Å². The Morgan fingerprint density at radius 2 is 1.31 bits per heavy atom. The smallest absolute Gasteiger partial charge is 0.200 e. The second-order valence-electron chi connectivity index (χ2n) is 3.15. The Kier molecular flexibility index (Phi) is 3.64. The molecule has 1 aromatic carbocycles. The summed E-state index contributed by atoms with van der Waals surface area (Å²) < 4.78 is 64.3. The predicted molar refractivity (Wildman–Crippen MR) is 48.1 cm³/mol. The van der Waals surface area contributed by atoms with Gasteiger partial charge < -0.3 is 5.73 Å². The second-order valence-corrected chi connectivity index (χ2v) is 3.15. The highest BCUT2D eigenvalue weighted by Gasteiger charge is 2.25. The lowest BCUT2D eigenvalue weighted by molar-refractivity contribution is 0.369. The lowest BCUT2D eigenvalue weighted by Crippen LogP contribution is -2.22. The van der Waals surface area contributed by atoms with Crippen LogP contribution in [0.4, 0.5) is 22.0 Å². The van der Waals surface area contributed by atoms with Crippen LogP contribution in [0.2, 0.25) is 0 Å². The molecule has 88 valence electrons. The van der Waals surface area contributed by atoms with Crippen LogP contribution < -0.4 is 5.73 Å². The zero-order valence-corrected chi connectivity index (χ0v) is 8.04. The van der Waals surface area contributed by atoms with Crippen LogP contribution in [0, 0.1) is 29.1 Å². The van der Waals surface area contributed by atoms with Gasteiger partial charge in [-0.05, 0) is 6.42 Å². The van der Waals surface area contributed by atoms with E-state index in [0.29, 0.717) is 0 Å². The molecule has 0 heterocycles. The molecular weight excluding hydrogens is 229 g/mol. The molecule has 6 heteroatoms. The zero-order valence-electron chi connectivity index (χ0n) is 8.04. The first kappa shape index (κ1) is 12.6. The molecule has 0 aliphatic rings. The van der Waals surface area contributed by atoms with Gasteiger partial charge in [-0.2, -0.15) is 0 Å². The minimum absolute atomic E-state index is 0.505. The van der Waals surface area contributed by atoms with E-state index in [1.54, 1.807) is 0 Å². The summed E-state index contributed by atoms with van der Waals surface area (Å²) in [6.45, 7) is 3.25. The van der Waals surface area contributed by atoms with Crippen LogP contribution in [0.25, 0.3) is 0 Å². The Morgan fingerprint density at radius 1 is 0.938 bits per heavy atom. The Labute approximate surface area is 88.4 Å². The molecule has 0 fully saturated rings. The van der Waals surface area contributed by atoms with Crippen LogP contribution in [0.5, 0.6) is 0 Å². The molecule has 0 saturated heterocycles. The number of hydrogen-bond acceptors (Lipinski definition) is 1. The molecule has 1 rings (SSSR count). The Morgan fingerprint density at radius 3 is 1.69 bits per heavy atom. The normalized spacial score (nSPS) is 12.6. The van der Waals surface area contributed by atoms with Crippen LogP contribution in [0.3, 0.4) is 0 Å². The highest BCUT2D eigenvalue weighted by atomic mass is 19.2. The molecule has 0 saturated carbocycles. The van der Waals surface area contributed by atoms with Gasteiger partial charge >= 0.3 is 0 Å². The van der Waals surface area contributed by atoms with Gasteiger partial charge in [0, 0.05) is 11.6 Å². The van der Waals surface area contributed by atoms with Gasteiger partial charge in [0.25, 0.3) is 0 Å². The molecule has 1 nitrogen and oxygen atoms in total. The lowest BCUT2D eigenvalue weighted by atomic mass is 10.0. The van der Waals surface area contributed by atoms with Crippen molar-refractivity contribution in [2.24, 2.45) is 5.73 Å². The first-order valence-electron chi connectivity index (χ1n) is 4.28. The van der Waals surface area contributed by atoms with Crippen molar-refractivity contribution in [1.82, 2.24) is 0 Å². The van der Waals surface area contributed by atoms with Crippen molar-refractivity contribution in [2.75, 3.05) is 0 Å². The molecule has 1 unspecified atom stereocenters. The van der Waals surface area contributed by atoms with Crippen molar-refractivity contribution >= 4 is 0 Å². The van der Waals surface area contributed by atoms with Crippen LogP contribution in [-0.2, 0) is 6.42 Å². The average Bonchev–Trinajstić information content (AvgIpc) is 2.29. The van der Waals surface area contributed by atoms with Gasteiger partial charge in [-0.15, -0.1) is 6.58 Å². The molecule has 1 atom stereocenters. The minimum atomic E-state index is -2.18. The zero-order chi connectivity index (χ0) is 12.5. The summed E-state index contributed by atoms with van der Waals surface area (Å²) in [4.78, 5) is 0. The third kappa shape index (κ3) is 2.06. The Bertz CT molecular complexity index is 401. The van der Waals surface area contributed by atoms with Crippen LogP contribution in [0.1, 0.15) is 5.56 Å². The fourth-order valence-corrected chi connectivity index (χ4v) is 1.15. The van der Waals surface area contributed by atoms with Gasteiger partial charge in [0.1, 0.15) is 0 Å². The van der Waals surface area contributed by atoms with Crippen molar-refractivity contribution in [2.45, 2.75) is 12.5 Å². The van der Waals surface area contributed by atoms with Gasteiger partial charge in [-0.1, -0.05) is 6.08 Å². The maximum atomic E-state index is 13.1. The predicted octanol–water partition coefficient (Wildman–Crippen LogP) is 2.44. The van der Waals surface area contributed by atoms with E-state index in [1.807, 2.05) is 0 Å². The third-order valence-electron chi connectivity index (χ3n) is 2.04. The first-order valence-corrected chi connectivity index (χ1v) is 4.28. The largest absolute Gasteiger partial charge is 0.324 e. The third-order valence-corrected chi connectivity index (χ3v) is 2.04. The SMILES string of the molecule is C=CC(N)Cc1c(F)c(F)c(F)c(F)c1F. The second kappa shape index (κ2) is 4.61. The van der Waals surface area contributed by atoms with Crippen molar-refractivity contribution in [1.29, 1.82) is 0 Å². The molecule has 0 radical (unpaired) electrons. The summed E-state index contributed by atoms with van der Waals surface area (Å²) in [5.74, 6) is -9.82. The molecule has 0 amide bonds. The highest BCUT2D eigenvalue weighted by Crippen LogP contribution is 2.23. The number of halogens is 5. The summed E-state index contributed by atoms with van der Waals surface area (Å²) in [6, 6.07) is -0.881. The molecule has 2 N–H and O–H groups in total. The maximum Gasteiger partial charge on any atom is 0.200 e. The van der Waals surface area contributed by atoms with Gasteiger partial charge in [0.2, 0.25) is 5.82 Å². The quantitative estimate of drug-likeness (QED) is 0.371. The summed E-state index contributed by atoms with van der Waals surface area (Å²) >= 11 is 0. The lowest BCUT2D eigenvalue weighted by Gasteiger charge is -2.10. The van der Waals surface area contributed by atoms with Crippen LogP contribution in [0.15, 0.2) is 12.7 Å². The molecular formula is C10H8F5N. The van der Waals surface area contributed by atoms with Crippen molar-refractivity contribution in [3.8, 4) is 0 Å². The molecule has 1 aromatic rings. The van der Waals surface area contributed by atoms with Crippen LogP contribution in [-0.4, -0.2) is 6.04 Å². The highest BCUT2D eigenvalue weighted by molar-refractivity contribution is 5.25. The molecule has 0 bridgehead atoms. The van der Waals surface area contributed by atoms with Crippen molar-refractivity contribution < 1.29 is 22.0 Å². The number of nitrogens with two attached hydrogens (primary N) is 1. The first-order chi connectivity index (χ1) is 7.40. The van der Waals surface area contributed by atoms with Crippen molar-refractivity contribution in [3.63, 3.8) is 0 Å². The average molecular weight is 237 g/mol. The molecule has 0 aliphatic carbocycles. The fourth-order valence-electron chi connectivity index (χ4n) is 1.15. The molecule has 0 aromatic heterocycles. The topological polar surface area (TPSA) is 26.0 Å². The standard InChI is InChI=1S/C10H8F5N/c1-2-4(16)3-5-6(11)8(13)10(15)9(14)7(5)12/h2,4H,1,3,16H2. The summed E-state index contributed by atoms with van der Waals surface area (Å²) in [5, 5.41) is 0. The summed E-state index contributed by atoms with van der Waals surface area (Å²) in [7, 11) is 0. The molecule has 0 spiro atoms. The maximum absolute atomic E-state index is 13.1. The minimum Gasteiger partial charge on any atom is -0.324 e. The van der Waals surface area contributed by atoms with Gasteiger partial charge in [-0.3, -0.25) is 0 Å². The van der Waals surface area contributed by atoms with E-state index in [9.17, 15) is 22.0 Å². The van der Waals surface area contributed by atoms with Gasteiger partial charge in [0.15, 0.2) is 23.3 Å². The monoisotopic (exact) mass is 237 g/mol. The van der Waals surface area contributed by atoms with Crippen LogP contribution >= 0.6 is 0 Å². The van der Waals surface area contributed by atoms with E-state index >= 15 is 0 Å². The number of hydrogen-bond donors (Lipinski definition) is 1. The summed E-state index contributed by atoms with van der Waals surface area (Å²) in [6.07, 6.45) is 0.646. The van der Waals surface area contributed by atoms with Gasteiger partial charge in [0.05, 0.1) is 0 Å². The molecule has 16 heavy (non-hydrogen) atoms. The van der Waals surface area contributed by atoms with E-state index in [-0.39, 0.29) is 0 Å². The number of benzene rings is 1. The Balaban J connectivity index is 3.33. The molecule has 0 aliphatic heterocycles. The van der Waals surface area contributed by atoms with E-state index < -0.39 is 47.1 Å². The van der Waals surface area contributed by atoms with E-state index in [1.165, 1.54) is 0 Å². The summed E-state index contributed by atoms with van der Waals surface area (Å²) in [5.41, 5.74) is 4.36. The van der Waals surface area contributed by atoms with Crippen molar-refractivity contribution in [3.05, 3.63) is 47.3 Å². The fraction of sp³-hybridized carbons (Fsp3) is 0.200. The number of rotatable bonds is 3. The Hall–Kier alpha value is -1.43. The van der Waals surface area contributed by atoms with E-state index in [2.05, 4.69) is 6.58 Å². The van der Waals surface area contributed by atoms with E-state index in [4.69, 9.17) is 5.73 Å².